The largest absolute Gasteiger partial charge is 0.496 e. The predicted molar refractivity (Wildman–Crippen MR) is 54.5 cm³/mol. The minimum atomic E-state index is 0.418. The van der Waals surface area contributed by atoms with Gasteiger partial charge < -0.3 is 4.74 Å². The molecule has 1 aromatic heterocycles. The van der Waals surface area contributed by atoms with Crippen molar-refractivity contribution in [2.75, 3.05) is 7.11 Å². The van der Waals surface area contributed by atoms with Crippen LogP contribution in [0, 0.1) is 0 Å². The number of nitrogens with zero attached hydrogens (tertiary/aromatic N) is 7. The smallest absolute Gasteiger partial charge is 0.143 e. The van der Waals surface area contributed by atoms with Crippen molar-refractivity contribution >= 4 is 5.69 Å². The molecule has 0 radical (unpaired) electrons. The Bertz CT molecular complexity index is 529. The number of aromatic nitrogens is 4. The van der Waals surface area contributed by atoms with Crippen molar-refractivity contribution in [3.05, 3.63) is 35.0 Å². The molecule has 16 heavy (non-hydrogen) atoms. The van der Waals surface area contributed by atoms with Gasteiger partial charge in [-0.3, -0.25) is 0 Å². The molecule has 0 N–H and O–H groups in total. The summed E-state index contributed by atoms with van der Waals surface area (Å²) in [7, 11) is 1.50. The van der Waals surface area contributed by atoms with E-state index in [0.29, 0.717) is 11.4 Å². The number of benzene rings is 1. The van der Waals surface area contributed by atoms with Gasteiger partial charge >= 0.3 is 0 Å². The summed E-state index contributed by atoms with van der Waals surface area (Å²) in [5.41, 5.74) is 9.50. The van der Waals surface area contributed by atoms with Gasteiger partial charge in [-0.15, -0.1) is 5.10 Å². The summed E-state index contributed by atoms with van der Waals surface area (Å²) >= 11 is 0. The Balaban J connectivity index is 2.48. The van der Waals surface area contributed by atoms with E-state index in [1.165, 1.54) is 18.1 Å². The number of methoxy groups -OCH3 is 1. The van der Waals surface area contributed by atoms with E-state index in [0.717, 1.165) is 5.69 Å². The van der Waals surface area contributed by atoms with E-state index in [9.17, 15) is 0 Å². The van der Waals surface area contributed by atoms with Gasteiger partial charge in [-0.2, -0.15) is 0 Å². The molecule has 0 bridgehead atoms. The number of hydrogen-bond donors (Lipinski definition) is 0. The first-order valence-corrected chi connectivity index (χ1v) is 4.31. The van der Waals surface area contributed by atoms with E-state index in [1.807, 2.05) is 0 Å². The van der Waals surface area contributed by atoms with E-state index in [2.05, 4.69) is 25.6 Å². The molecule has 0 atom stereocenters. The highest BCUT2D eigenvalue weighted by Crippen LogP contribution is 2.29. The molecule has 0 aliphatic heterocycles. The lowest BCUT2D eigenvalue weighted by Crippen LogP contribution is -1.95. The summed E-state index contributed by atoms with van der Waals surface area (Å²) in [6.45, 7) is 0. The van der Waals surface area contributed by atoms with Gasteiger partial charge in [-0.25, -0.2) is 4.68 Å². The number of azide groups is 1. The minimum absolute atomic E-state index is 0.418. The Morgan fingerprint density at radius 3 is 3.00 bits per heavy atom. The lowest BCUT2D eigenvalue weighted by Gasteiger charge is -2.05. The van der Waals surface area contributed by atoms with Crippen LogP contribution in [0.25, 0.3) is 16.1 Å². The standard InChI is InChI=1S/C8H7N7O/c1-16-8-4-6(15-5-10-13-14-15)2-3-7(8)11-12-9/h2-5H,1H3. The SMILES string of the molecule is COc1cc(-n2cnnn2)ccc1N=[N+]=[N-]. The fraction of sp³-hybridized carbons (Fsp3) is 0.125. The van der Waals surface area contributed by atoms with Crippen LogP contribution in [-0.2, 0) is 0 Å². The molecular weight excluding hydrogens is 210 g/mol. The topological polar surface area (TPSA) is 102 Å². The average molecular weight is 217 g/mol. The summed E-state index contributed by atoms with van der Waals surface area (Å²) in [6.07, 6.45) is 1.46. The maximum absolute atomic E-state index is 8.36. The van der Waals surface area contributed by atoms with Crippen molar-refractivity contribution in [2.45, 2.75) is 0 Å². The monoisotopic (exact) mass is 217 g/mol. The molecule has 2 rings (SSSR count). The van der Waals surface area contributed by atoms with Crippen LogP contribution in [0.2, 0.25) is 0 Å². The van der Waals surface area contributed by atoms with Crippen LogP contribution in [0.4, 0.5) is 5.69 Å². The summed E-state index contributed by atoms with van der Waals surface area (Å²) in [5.74, 6) is 0.464. The molecule has 0 spiro atoms. The highest BCUT2D eigenvalue weighted by Gasteiger charge is 2.04. The Labute approximate surface area is 90.1 Å². The summed E-state index contributed by atoms with van der Waals surface area (Å²) in [4.78, 5) is 2.70. The summed E-state index contributed by atoms with van der Waals surface area (Å²) in [5, 5.41) is 14.3. The van der Waals surface area contributed by atoms with Gasteiger partial charge in [0, 0.05) is 11.0 Å². The molecule has 0 aliphatic rings. The van der Waals surface area contributed by atoms with Crippen LogP contribution in [0.3, 0.4) is 0 Å². The van der Waals surface area contributed by atoms with E-state index in [-0.39, 0.29) is 0 Å². The van der Waals surface area contributed by atoms with Gasteiger partial charge in [-0.05, 0) is 28.1 Å². The Morgan fingerprint density at radius 1 is 1.50 bits per heavy atom. The van der Waals surface area contributed by atoms with Crippen LogP contribution < -0.4 is 4.74 Å². The van der Waals surface area contributed by atoms with E-state index in [1.54, 1.807) is 18.2 Å². The molecule has 1 heterocycles. The van der Waals surface area contributed by atoms with Crippen molar-refractivity contribution in [3.8, 4) is 11.4 Å². The second-order valence-corrected chi connectivity index (χ2v) is 2.80. The zero-order valence-corrected chi connectivity index (χ0v) is 8.35. The fourth-order valence-corrected chi connectivity index (χ4v) is 1.22. The predicted octanol–water partition coefficient (Wildman–Crippen LogP) is 1.61. The number of hydrogen-bond acceptors (Lipinski definition) is 5. The van der Waals surface area contributed by atoms with Gasteiger partial charge in [0.2, 0.25) is 0 Å². The molecule has 0 unspecified atom stereocenters. The number of ether oxygens (including phenoxy) is 1. The Hall–Kier alpha value is -2.60. The third kappa shape index (κ3) is 1.77. The lowest BCUT2D eigenvalue weighted by atomic mass is 10.2. The highest BCUT2D eigenvalue weighted by molar-refractivity contribution is 5.56. The summed E-state index contributed by atoms with van der Waals surface area (Å²) in [6, 6.07) is 5.04. The van der Waals surface area contributed by atoms with Crippen molar-refractivity contribution in [1.82, 2.24) is 20.2 Å². The highest BCUT2D eigenvalue weighted by atomic mass is 16.5. The van der Waals surface area contributed by atoms with Crippen LogP contribution in [0.15, 0.2) is 29.6 Å². The number of tetrazole rings is 1. The third-order valence-electron chi connectivity index (χ3n) is 1.93. The third-order valence-corrected chi connectivity index (χ3v) is 1.93. The van der Waals surface area contributed by atoms with E-state index < -0.39 is 0 Å². The maximum Gasteiger partial charge on any atom is 0.143 e. The normalized spacial score (nSPS) is 9.56. The first-order valence-electron chi connectivity index (χ1n) is 4.31. The van der Waals surface area contributed by atoms with Gasteiger partial charge in [0.1, 0.15) is 12.1 Å². The summed E-state index contributed by atoms with van der Waals surface area (Å²) < 4.78 is 6.56. The minimum Gasteiger partial charge on any atom is -0.496 e. The first kappa shape index (κ1) is 9.94. The molecule has 0 saturated carbocycles. The molecule has 0 amide bonds. The molecular formula is C8H7N7O. The zero-order valence-electron chi connectivity index (χ0n) is 8.35. The maximum atomic E-state index is 8.36. The quantitative estimate of drug-likeness (QED) is 0.442. The van der Waals surface area contributed by atoms with Crippen molar-refractivity contribution in [2.24, 2.45) is 5.11 Å². The second-order valence-electron chi connectivity index (χ2n) is 2.80. The van der Waals surface area contributed by atoms with Crippen molar-refractivity contribution in [1.29, 1.82) is 0 Å². The zero-order chi connectivity index (χ0) is 11.4. The van der Waals surface area contributed by atoms with Crippen molar-refractivity contribution in [3.63, 3.8) is 0 Å². The molecule has 8 heteroatoms. The molecule has 80 valence electrons. The van der Waals surface area contributed by atoms with Crippen LogP contribution in [0.5, 0.6) is 5.75 Å². The molecule has 1 aromatic carbocycles. The Kier molecular flexibility index (Phi) is 2.66. The van der Waals surface area contributed by atoms with E-state index >= 15 is 0 Å². The molecule has 0 fully saturated rings. The Morgan fingerprint density at radius 2 is 2.38 bits per heavy atom. The molecule has 0 aliphatic carbocycles. The fourth-order valence-electron chi connectivity index (χ4n) is 1.22. The van der Waals surface area contributed by atoms with Gasteiger partial charge in [0.15, 0.2) is 0 Å². The van der Waals surface area contributed by atoms with Gasteiger partial charge in [0.05, 0.1) is 18.5 Å². The van der Waals surface area contributed by atoms with Gasteiger partial charge in [-0.1, -0.05) is 5.11 Å². The molecule has 2 aromatic rings. The van der Waals surface area contributed by atoms with Crippen LogP contribution in [0.1, 0.15) is 0 Å². The van der Waals surface area contributed by atoms with Gasteiger partial charge in [0.25, 0.3) is 0 Å². The molecule has 0 saturated heterocycles. The first-order chi connectivity index (χ1) is 7.85. The lowest BCUT2D eigenvalue weighted by molar-refractivity contribution is 0.415. The number of rotatable bonds is 3. The molecule has 8 nitrogen and oxygen atoms in total. The van der Waals surface area contributed by atoms with Crippen LogP contribution >= 0.6 is 0 Å². The average Bonchev–Trinajstić information content (AvgIpc) is 2.83. The van der Waals surface area contributed by atoms with E-state index in [4.69, 9.17) is 10.3 Å². The van der Waals surface area contributed by atoms with Crippen LogP contribution in [-0.4, -0.2) is 27.3 Å². The van der Waals surface area contributed by atoms with Crippen molar-refractivity contribution < 1.29 is 4.74 Å². The second kappa shape index (κ2) is 4.28.